The molecule has 0 aliphatic rings. The third kappa shape index (κ3) is 4.47. The standard InChI is InChI=1S/C48H30O/c1-2-11-31(12-3-1)35-14-10-15-37(29-35)47-41-19-8-6-17-39(41)46(40-18-7-9-20-42(40)47)34-23-21-32(22-24-34)36-26-27-44-43(30-36)48-38-16-5-4-13-33(38)25-28-45(48)49-44/h1-30H/i1D,2D,3D,4D,5D,6D,7D,8D,9D,10D,11D,12D,13D,14D,15D,16D,17D,18D,19D,20D,21D,22D,23D,24D,25D,26D,27D,28D,29D,30D. The largest absolute Gasteiger partial charge is 0.456 e. The van der Waals surface area contributed by atoms with Crippen LogP contribution in [0.4, 0.5) is 0 Å². The summed E-state index contributed by atoms with van der Waals surface area (Å²) in [5, 5.41) is -4.99. The summed E-state index contributed by atoms with van der Waals surface area (Å²) < 4.78 is 275. The molecule has 0 spiro atoms. The van der Waals surface area contributed by atoms with Crippen molar-refractivity contribution in [2.75, 3.05) is 0 Å². The second-order valence-corrected chi connectivity index (χ2v) is 10.5. The quantitative estimate of drug-likeness (QED) is 0.172. The highest BCUT2D eigenvalue weighted by molar-refractivity contribution is 6.22. The van der Waals surface area contributed by atoms with Crippen LogP contribution in [0.25, 0.3) is 98.8 Å². The molecule has 0 N–H and O–H groups in total. The molecule has 0 fully saturated rings. The average Bonchev–Trinajstić information content (AvgIpc) is 4.08. The molecular weight excluding hydrogens is 593 g/mol. The summed E-state index contributed by atoms with van der Waals surface area (Å²) in [4.78, 5) is 0. The van der Waals surface area contributed by atoms with Crippen LogP contribution in [0.3, 0.4) is 0 Å². The maximum atomic E-state index is 9.64. The Morgan fingerprint density at radius 3 is 1.51 bits per heavy atom. The third-order valence-electron chi connectivity index (χ3n) is 7.82. The minimum atomic E-state index is -1.14. The number of fused-ring (bicyclic) bond motifs is 7. The minimum Gasteiger partial charge on any atom is -0.456 e. The Balaban J connectivity index is 1.41. The third-order valence-corrected chi connectivity index (χ3v) is 7.82. The van der Waals surface area contributed by atoms with E-state index in [1.807, 2.05) is 0 Å². The Morgan fingerprint density at radius 1 is 0.306 bits per heavy atom. The molecule has 0 saturated heterocycles. The highest BCUT2D eigenvalue weighted by Crippen LogP contribution is 2.45. The van der Waals surface area contributed by atoms with E-state index >= 15 is 0 Å². The van der Waals surface area contributed by atoms with Gasteiger partial charge in [0.1, 0.15) is 11.2 Å². The van der Waals surface area contributed by atoms with Crippen LogP contribution in [0, 0.1) is 0 Å². The average molecular weight is 653 g/mol. The van der Waals surface area contributed by atoms with E-state index in [4.69, 9.17) is 30.5 Å². The fourth-order valence-corrected chi connectivity index (χ4v) is 5.73. The molecule has 0 amide bonds. The highest BCUT2D eigenvalue weighted by Gasteiger charge is 2.17. The Labute approximate surface area is 326 Å². The van der Waals surface area contributed by atoms with Gasteiger partial charge in [-0.15, -0.1) is 0 Å². The molecule has 9 aromatic carbocycles. The molecule has 0 bridgehead atoms. The molecule has 1 aromatic heterocycles. The van der Waals surface area contributed by atoms with Gasteiger partial charge in [0.05, 0.1) is 41.1 Å². The first kappa shape index (κ1) is 11.1. The molecule has 10 rings (SSSR count). The van der Waals surface area contributed by atoms with Gasteiger partial charge in [0.15, 0.2) is 0 Å². The minimum absolute atomic E-state index is 0.382. The van der Waals surface area contributed by atoms with Crippen molar-refractivity contribution in [3.8, 4) is 44.5 Å². The summed E-state index contributed by atoms with van der Waals surface area (Å²) >= 11 is 0. The monoisotopic (exact) mass is 652 g/mol. The van der Waals surface area contributed by atoms with Gasteiger partial charge in [-0.2, -0.15) is 0 Å². The van der Waals surface area contributed by atoms with E-state index in [-0.39, 0.29) is 5.39 Å². The van der Waals surface area contributed by atoms with Crippen molar-refractivity contribution in [2.45, 2.75) is 0 Å². The van der Waals surface area contributed by atoms with Crippen LogP contribution in [0.15, 0.2) is 186 Å². The van der Waals surface area contributed by atoms with Crippen LogP contribution in [0.5, 0.6) is 0 Å². The molecule has 1 heteroatoms. The SMILES string of the molecule is [2H]c1c([2H])c([2H])c(-c2c([2H])c([2H])c([2H])c(-c3c4c([2H])c([2H])c([2H])c([2H])c4c(-c4c([2H])c([2H])c(-c5c([2H])c([2H])c6oc7c([2H])c([2H])c8c([2H])c([2H])c([2H])c([2H])c8c7c6c5[2H])c([2H])c4[2H])c4c([2H])c([2H])c([2H])c([2H])c34)c2[2H])c([2H])c1[2H]. The first-order valence-corrected chi connectivity index (χ1v) is 14.4. The molecule has 0 aliphatic heterocycles. The van der Waals surface area contributed by atoms with Gasteiger partial charge in [-0.25, -0.2) is 0 Å². The Morgan fingerprint density at radius 2 is 0.796 bits per heavy atom. The first-order valence-electron chi connectivity index (χ1n) is 29.4. The lowest BCUT2D eigenvalue weighted by atomic mass is 9.85. The van der Waals surface area contributed by atoms with Gasteiger partial charge < -0.3 is 4.42 Å². The predicted molar refractivity (Wildman–Crippen MR) is 208 cm³/mol. The molecular formula is C48H30O. The molecule has 0 unspecified atom stereocenters. The van der Waals surface area contributed by atoms with Crippen LogP contribution in [-0.4, -0.2) is 0 Å². The summed E-state index contributed by atoms with van der Waals surface area (Å²) in [7, 11) is 0. The van der Waals surface area contributed by atoms with Crippen molar-refractivity contribution in [3.05, 3.63) is 181 Å². The maximum Gasteiger partial charge on any atom is 0.136 e. The molecule has 49 heavy (non-hydrogen) atoms. The van der Waals surface area contributed by atoms with Crippen LogP contribution < -0.4 is 0 Å². The molecule has 0 saturated carbocycles. The summed E-state index contributed by atoms with van der Waals surface area (Å²) in [6.07, 6.45) is 0. The van der Waals surface area contributed by atoms with Crippen molar-refractivity contribution in [1.29, 1.82) is 0 Å². The van der Waals surface area contributed by atoms with E-state index in [1.165, 1.54) is 0 Å². The van der Waals surface area contributed by atoms with Crippen LogP contribution >= 0.6 is 0 Å². The van der Waals surface area contributed by atoms with E-state index in [9.17, 15) is 15.1 Å². The number of rotatable bonds is 4. The number of benzene rings is 9. The molecule has 1 heterocycles. The van der Waals surface area contributed by atoms with E-state index in [2.05, 4.69) is 0 Å². The zero-order valence-electron chi connectivity index (χ0n) is 54.4. The predicted octanol–water partition coefficient (Wildman–Crippen LogP) is 13.7. The van der Waals surface area contributed by atoms with Gasteiger partial charge in [0, 0.05) is 10.8 Å². The number of hydrogen-bond donors (Lipinski definition) is 0. The molecule has 1 nitrogen and oxygen atoms in total. The molecule has 228 valence electrons. The topological polar surface area (TPSA) is 13.1 Å². The van der Waals surface area contributed by atoms with Gasteiger partial charge in [-0.1, -0.05) is 157 Å². The molecule has 0 atom stereocenters. The van der Waals surface area contributed by atoms with Gasteiger partial charge >= 0.3 is 0 Å². The van der Waals surface area contributed by atoms with E-state index in [0.29, 0.717) is 0 Å². The molecule has 0 aliphatic carbocycles. The van der Waals surface area contributed by atoms with E-state index in [0.717, 1.165) is 0 Å². The van der Waals surface area contributed by atoms with E-state index in [1.54, 1.807) is 0 Å². The van der Waals surface area contributed by atoms with Gasteiger partial charge in [0.2, 0.25) is 0 Å². The Hall–Kier alpha value is -6.44. The normalized spacial score (nSPS) is 20.2. The van der Waals surface area contributed by atoms with Crippen molar-refractivity contribution < 1.29 is 45.5 Å². The van der Waals surface area contributed by atoms with Crippen molar-refractivity contribution >= 4 is 54.3 Å². The Bertz CT molecular complexity index is 4460. The molecule has 0 radical (unpaired) electrons. The Kier molecular flexibility index (Phi) is 2.50. The fraction of sp³-hybridized carbons (Fsp3) is 0. The van der Waals surface area contributed by atoms with Gasteiger partial charge in [-0.05, 0) is 101 Å². The summed E-state index contributed by atoms with van der Waals surface area (Å²) in [5.41, 5.74) is -7.86. The number of hydrogen-bond acceptors (Lipinski definition) is 1. The number of furan rings is 1. The lowest BCUT2D eigenvalue weighted by Gasteiger charge is -2.18. The van der Waals surface area contributed by atoms with Crippen molar-refractivity contribution in [1.82, 2.24) is 0 Å². The second-order valence-electron chi connectivity index (χ2n) is 10.5. The fourth-order valence-electron chi connectivity index (χ4n) is 5.73. The maximum absolute atomic E-state index is 9.64. The smallest absolute Gasteiger partial charge is 0.136 e. The summed E-state index contributed by atoms with van der Waals surface area (Å²) in [5.74, 6) is 0. The van der Waals surface area contributed by atoms with Crippen LogP contribution in [0.1, 0.15) is 41.1 Å². The van der Waals surface area contributed by atoms with Gasteiger partial charge in [0.25, 0.3) is 0 Å². The zero-order valence-corrected chi connectivity index (χ0v) is 24.4. The lowest BCUT2D eigenvalue weighted by molar-refractivity contribution is 0.669. The van der Waals surface area contributed by atoms with Gasteiger partial charge in [-0.3, -0.25) is 0 Å². The van der Waals surface area contributed by atoms with Crippen molar-refractivity contribution in [3.63, 3.8) is 0 Å². The second kappa shape index (κ2) is 11.1. The lowest BCUT2D eigenvalue weighted by Crippen LogP contribution is -1.91. The van der Waals surface area contributed by atoms with E-state index < -0.39 is 275 Å². The van der Waals surface area contributed by atoms with Crippen molar-refractivity contribution in [2.24, 2.45) is 0 Å². The highest BCUT2D eigenvalue weighted by atomic mass is 16.3. The molecule has 10 aromatic rings. The summed E-state index contributed by atoms with van der Waals surface area (Å²) in [6.45, 7) is 0. The zero-order chi connectivity index (χ0) is 58.4. The first-order chi connectivity index (χ1) is 36.8. The van der Waals surface area contributed by atoms with Crippen LogP contribution in [-0.2, 0) is 0 Å². The van der Waals surface area contributed by atoms with Crippen LogP contribution in [0.2, 0.25) is 0 Å². The summed E-state index contributed by atoms with van der Waals surface area (Å²) in [6, 6.07) is -28.9.